The number of carbonyl (C=O) groups excluding carboxylic acids is 1. The molecule has 1 aromatic rings. The van der Waals surface area contributed by atoms with E-state index in [2.05, 4.69) is 5.32 Å². The molecular weight excluding hydrogens is 272 g/mol. The van der Waals surface area contributed by atoms with Gasteiger partial charge in [-0.05, 0) is 37.5 Å². The van der Waals surface area contributed by atoms with Crippen LogP contribution in [0.4, 0.5) is 0 Å². The second-order valence-electron chi connectivity index (χ2n) is 5.94. The quantitative estimate of drug-likeness (QED) is 0.896. The molecule has 0 bridgehead atoms. The number of nitrogens with one attached hydrogen (secondary N) is 1. The first-order valence-electron chi connectivity index (χ1n) is 7.28. The maximum absolute atomic E-state index is 12.4. The van der Waals surface area contributed by atoms with Crippen molar-refractivity contribution in [1.29, 1.82) is 0 Å². The van der Waals surface area contributed by atoms with Crippen molar-refractivity contribution >= 4 is 17.5 Å². The highest BCUT2D eigenvalue weighted by Gasteiger charge is 2.38. The largest absolute Gasteiger partial charge is 0.346 e. The van der Waals surface area contributed by atoms with Gasteiger partial charge in [0.2, 0.25) is 5.91 Å². The second-order valence-corrected chi connectivity index (χ2v) is 6.37. The predicted molar refractivity (Wildman–Crippen MR) is 82.6 cm³/mol. The minimum Gasteiger partial charge on any atom is -0.346 e. The Hall–Kier alpha value is -1.06. The van der Waals surface area contributed by atoms with Crippen LogP contribution in [-0.4, -0.2) is 11.9 Å². The molecule has 1 aromatic carbocycles. The summed E-state index contributed by atoms with van der Waals surface area (Å²) in [6.45, 7) is 3.74. The molecule has 2 atom stereocenters. The first-order chi connectivity index (χ1) is 9.44. The van der Waals surface area contributed by atoms with Gasteiger partial charge in [-0.3, -0.25) is 4.79 Å². The maximum Gasteiger partial charge on any atom is 0.225 e. The molecule has 0 saturated heterocycles. The van der Waals surface area contributed by atoms with Gasteiger partial charge >= 0.3 is 0 Å². The lowest BCUT2D eigenvalue weighted by molar-refractivity contribution is -0.127. The first-order valence-corrected chi connectivity index (χ1v) is 7.66. The molecule has 1 saturated carbocycles. The lowest BCUT2D eigenvalue weighted by Crippen LogP contribution is -2.48. The number of rotatable bonds is 4. The van der Waals surface area contributed by atoms with E-state index < -0.39 is 0 Å². The van der Waals surface area contributed by atoms with E-state index in [9.17, 15) is 4.79 Å². The third kappa shape index (κ3) is 3.15. The molecule has 1 fully saturated rings. The number of halogens is 1. The highest BCUT2D eigenvalue weighted by Crippen LogP contribution is 2.39. The summed E-state index contributed by atoms with van der Waals surface area (Å²) < 4.78 is 0. The van der Waals surface area contributed by atoms with Crippen LogP contribution < -0.4 is 11.1 Å². The van der Waals surface area contributed by atoms with Gasteiger partial charge < -0.3 is 11.1 Å². The van der Waals surface area contributed by atoms with Crippen molar-refractivity contribution in [3.8, 4) is 0 Å². The van der Waals surface area contributed by atoms with E-state index in [4.69, 9.17) is 17.3 Å². The van der Waals surface area contributed by atoms with E-state index in [0.717, 1.165) is 31.2 Å². The fourth-order valence-electron chi connectivity index (χ4n) is 2.84. The van der Waals surface area contributed by atoms with Crippen LogP contribution in [0.5, 0.6) is 0 Å². The third-order valence-electron chi connectivity index (χ3n) is 4.40. The van der Waals surface area contributed by atoms with E-state index in [1.807, 2.05) is 38.1 Å². The van der Waals surface area contributed by atoms with Gasteiger partial charge in [0.25, 0.3) is 0 Å². The second kappa shape index (κ2) is 6.15. The third-order valence-corrected chi connectivity index (χ3v) is 4.63. The first kappa shape index (κ1) is 15.3. The van der Waals surface area contributed by atoms with Crippen LogP contribution in [0.15, 0.2) is 24.3 Å². The van der Waals surface area contributed by atoms with Crippen LogP contribution in [0, 0.1) is 5.92 Å². The van der Waals surface area contributed by atoms with Gasteiger partial charge in [0.05, 0.1) is 5.54 Å². The molecule has 110 valence electrons. The van der Waals surface area contributed by atoms with Crippen LogP contribution >= 0.6 is 11.6 Å². The highest BCUT2D eigenvalue weighted by molar-refractivity contribution is 6.30. The normalized spacial score (nSPS) is 20.4. The number of amides is 1. The van der Waals surface area contributed by atoms with E-state index in [1.54, 1.807) is 0 Å². The van der Waals surface area contributed by atoms with E-state index in [1.165, 1.54) is 0 Å². The summed E-state index contributed by atoms with van der Waals surface area (Å²) in [6.07, 6.45) is 4.17. The van der Waals surface area contributed by atoms with Gasteiger partial charge in [-0.2, -0.15) is 0 Å². The standard InChI is InChI=1S/C16H23ClN2O/c1-11(12(2)18)15(20)19-16(8-3-4-9-16)13-6-5-7-14(17)10-13/h5-7,10-12H,3-4,8-9,18H2,1-2H3,(H,19,20). The highest BCUT2D eigenvalue weighted by atomic mass is 35.5. The van der Waals surface area contributed by atoms with Crippen molar-refractivity contribution in [2.45, 2.75) is 51.1 Å². The molecule has 0 aliphatic heterocycles. The lowest BCUT2D eigenvalue weighted by atomic mass is 9.87. The van der Waals surface area contributed by atoms with Gasteiger partial charge in [0.15, 0.2) is 0 Å². The molecule has 3 N–H and O–H groups in total. The van der Waals surface area contributed by atoms with Gasteiger partial charge in [0, 0.05) is 17.0 Å². The fourth-order valence-corrected chi connectivity index (χ4v) is 3.03. The SMILES string of the molecule is CC(N)C(C)C(=O)NC1(c2cccc(Cl)c2)CCCC1. The summed E-state index contributed by atoms with van der Waals surface area (Å²) in [4.78, 5) is 12.4. The molecule has 0 heterocycles. The van der Waals surface area contributed by atoms with Crippen LogP contribution in [-0.2, 0) is 10.3 Å². The number of carbonyl (C=O) groups is 1. The Bertz CT molecular complexity index is 481. The molecule has 1 aliphatic carbocycles. The van der Waals surface area contributed by atoms with Crippen molar-refractivity contribution in [2.75, 3.05) is 0 Å². The number of nitrogens with two attached hydrogens (primary N) is 1. The van der Waals surface area contributed by atoms with Gasteiger partial charge in [-0.1, -0.05) is 43.5 Å². The van der Waals surface area contributed by atoms with Crippen LogP contribution in [0.25, 0.3) is 0 Å². The van der Waals surface area contributed by atoms with Crippen molar-refractivity contribution < 1.29 is 4.79 Å². The molecule has 3 nitrogen and oxygen atoms in total. The molecule has 1 amide bonds. The summed E-state index contributed by atoms with van der Waals surface area (Å²) in [7, 11) is 0. The predicted octanol–water partition coefficient (Wildman–Crippen LogP) is 3.21. The Kier molecular flexibility index (Phi) is 4.71. The van der Waals surface area contributed by atoms with Crippen molar-refractivity contribution in [3.63, 3.8) is 0 Å². The summed E-state index contributed by atoms with van der Waals surface area (Å²) in [5.41, 5.74) is 6.67. The van der Waals surface area contributed by atoms with Crippen LogP contribution in [0.1, 0.15) is 45.1 Å². The smallest absolute Gasteiger partial charge is 0.225 e. The average molecular weight is 295 g/mol. The summed E-state index contributed by atoms with van der Waals surface area (Å²) in [5.74, 6) is -0.159. The number of hydrogen-bond acceptors (Lipinski definition) is 2. The lowest BCUT2D eigenvalue weighted by Gasteiger charge is -2.33. The topological polar surface area (TPSA) is 55.1 Å². The van der Waals surface area contributed by atoms with Crippen LogP contribution in [0.2, 0.25) is 5.02 Å². The Balaban J connectivity index is 2.25. The van der Waals surface area contributed by atoms with Crippen molar-refractivity contribution in [2.24, 2.45) is 11.7 Å². The van der Waals surface area contributed by atoms with Crippen molar-refractivity contribution in [1.82, 2.24) is 5.32 Å². The summed E-state index contributed by atoms with van der Waals surface area (Å²) in [5, 5.41) is 3.95. The van der Waals surface area contributed by atoms with E-state index in [-0.39, 0.29) is 23.4 Å². The fraction of sp³-hybridized carbons (Fsp3) is 0.562. The summed E-state index contributed by atoms with van der Waals surface area (Å²) in [6, 6.07) is 7.67. The number of benzene rings is 1. The molecule has 0 aromatic heterocycles. The van der Waals surface area contributed by atoms with Crippen molar-refractivity contribution in [3.05, 3.63) is 34.9 Å². The van der Waals surface area contributed by atoms with Crippen LogP contribution in [0.3, 0.4) is 0 Å². The molecule has 20 heavy (non-hydrogen) atoms. The molecule has 2 rings (SSSR count). The number of hydrogen-bond donors (Lipinski definition) is 2. The molecule has 4 heteroatoms. The maximum atomic E-state index is 12.4. The monoisotopic (exact) mass is 294 g/mol. The zero-order chi connectivity index (χ0) is 14.8. The van der Waals surface area contributed by atoms with Gasteiger partial charge in [-0.15, -0.1) is 0 Å². The Morgan fingerprint density at radius 2 is 2.00 bits per heavy atom. The van der Waals surface area contributed by atoms with E-state index in [0.29, 0.717) is 5.02 Å². The zero-order valence-electron chi connectivity index (χ0n) is 12.2. The molecule has 0 radical (unpaired) electrons. The van der Waals surface area contributed by atoms with Gasteiger partial charge in [-0.25, -0.2) is 0 Å². The van der Waals surface area contributed by atoms with E-state index >= 15 is 0 Å². The summed E-state index contributed by atoms with van der Waals surface area (Å²) >= 11 is 6.10. The average Bonchev–Trinajstić information content (AvgIpc) is 2.87. The Morgan fingerprint density at radius 3 is 2.55 bits per heavy atom. The molecular formula is C16H23ClN2O. The minimum absolute atomic E-state index is 0.0295. The Labute approximate surface area is 125 Å². The van der Waals surface area contributed by atoms with Gasteiger partial charge in [0.1, 0.15) is 0 Å². The molecule has 0 spiro atoms. The minimum atomic E-state index is -0.273. The Morgan fingerprint density at radius 1 is 1.35 bits per heavy atom. The zero-order valence-corrected chi connectivity index (χ0v) is 12.9. The molecule has 1 aliphatic rings. The molecule has 2 unspecified atom stereocenters.